The number of H-pyrrole nitrogens is 1. The summed E-state index contributed by atoms with van der Waals surface area (Å²) in [6.45, 7) is 3.71. The number of nitrogens with zero attached hydrogens (tertiary/aromatic N) is 5. The van der Waals surface area contributed by atoms with E-state index in [9.17, 15) is 4.79 Å². The number of rotatable bonds is 8. The van der Waals surface area contributed by atoms with Crippen molar-refractivity contribution in [2.24, 2.45) is 0 Å². The van der Waals surface area contributed by atoms with Gasteiger partial charge in [0.05, 0.1) is 25.4 Å². The first-order valence-corrected chi connectivity index (χ1v) is 11.4. The van der Waals surface area contributed by atoms with Gasteiger partial charge in [-0.15, -0.1) is 5.10 Å². The van der Waals surface area contributed by atoms with Crippen LogP contribution in [0.15, 0.2) is 51.9 Å². The van der Waals surface area contributed by atoms with Crippen molar-refractivity contribution in [2.75, 3.05) is 0 Å². The normalized spacial score (nSPS) is 14.7. The van der Waals surface area contributed by atoms with Gasteiger partial charge in [-0.2, -0.15) is 0 Å². The zero-order valence-electron chi connectivity index (χ0n) is 18.3. The van der Waals surface area contributed by atoms with E-state index in [1.165, 1.54) is 18.4 Å². The summed E-state index contributed by atoms with van der Waals surface area (Å²) in [5, 5.41) is 13.6. The van der Waals surface area contributed by atoms with Crippen LogP contribution in [0, 0.1) is 0 Å². The number of aromatic nitrogens is 5. The number of pyridine rings is 1. The predicted molar refractivity (Wildman–Crippen MR) is 121 cm³/mol. The topological polar surface area (TPSA) is 92.8 Å². The van der Waals surface area contributed by atoms with E-state index in [1.807, 2.05) is 28.9 Å². The van der Waals surface area contributed by atoms with Crippen LogP contribution in [0.3, 0.4) is 0 Å². The lowest BCUT2D eigenvalue weighted by Gasteiger charge is -2.21. The fourth-order valence-electron chi connectivity index (χ4n) is 4.62. The molecule has 0 amide bonds. The molecule has 1 aliphatic rings. The second-order valence-corrected chi connectivity index (χ2v) is 8.60. The summed E-state index contributed by atoms with van der Waals surface area (Å²) >= 11 is 0. The Morgan fingerprint density at radius 2 is 2.03 bits per heavy atom. The molecule has 8 heteroatoms. The van der Waals surface area contributed by atoms with Gasteiger partial charge in [-0.1, -0.05) is 25.8 Å². The van der Waals surface area contributed by atoms with Crippen LogP contribution in [0.25, 0.3) is 10.9 Å². The molecule has 0 unspecified atom stereocenters. The Bertz CT molecular complexity index is 1240. The van der Waals surface area contributed by atoms with Crippen molar-refractivity contribution in [3.05, 3.63) is 75.7 Å². The third kappa shape index (κ3) is 4.36. The van der Waals surface area contributed by atoms with E-state index >= 15 is 0 Å². The molecule has 1 saturated carbocycles. The average Bonchev–Trinajstić information content (AvgIpc) is 3.57. The van der Waals surface area contributed by atoms with Crippen LogP contribution in [0.2, 0.25) is 0 Å². The monoisotopic (exact) mass is 432 g/mol. The lowest BCUT2D eigenvalue weighted by molar-refractivity contribution is 0.213. The Labute approximate surface area is 186 Å². The molecule has 32 heavy (non-hydrogen) atoms. The molecular weight excluding hydrogens is 404 g/mol. The Balaban J connectivity index is 1.44. The minimum absolute atomic E-state index is 0.0680. The summed E-state index contributed by atoms with van der Waals surface area (Å²) in [5.41, 5.74) is 2.76. The molecule has 1 aliphatic carbocycles. The third-order valence-corrected chi connectivity index (χ3v) is 6.34. The zero-order valence-corrected chi connectivity index (χ0v) is 18.3. The SMILES string of the molecule is CCc1ccc2[nH]c(=O)c(CN(Cc3ccco3)Cc3nnnn3C3CCCC3)cc2c1. The minimum atomic E-state index is -0.0680. The fourth-order valence-corrected chi connectivity index (χ4v) is 4.62. The minimum Gasteiger partial charge on any atom is -0.468 e. The van der Waals surface area contributed by atoms with Crippen LogP contribution in [0.1, 0.15) is 61.4 Å². The summed E-state index contributed by atoms with van der Waals surface area (Å²) in [6.07, 6.45) is 7.28. The maximum atomic E-state index is 12.9. The standard InChI is InChI=1S/C24H28N6O2/c1-2-17-9-10-22-18(12-17)13-19(24(31)25-22)14-29(15-21-8-5-11-32-21)16-23-26-27-28-30(23)20-6-3-4-7-20/h5,8-13,20H,2-4,6-7,14-16H2,1H3,(H,25,31). The van der Waals surface area contributed by atoms with Crippen LogP contribution >= 0.6 is 0 Å². The largest absolute Gasteiger partial charge is 0.468 e. The highest BCUT2D eigenvalue weighted by Crippen LogP contribution is 2.29. The first kappa shape index (κ1) is 20.6. The molecule has 166 valence electrons. The smallest absolute Gasteiger partial charge is 0.252 e. The molecule has 3 heterocycles. The number of furan rings is 1. The Kier molecular flexibility index (Phi) is 5.85. The quantitative estimate of drug-likeness (QED) is 0.453. The second kappa shape index (κ2) is 9.08. The van der Waals surface area contributed by atoms with Gasteiger partial charge in [-0.05, 0) is 71.0 Å². The van der Waals surface area contributed by atoms with Crippen LogP contribution in [0.5, 0.6) is 0 Å². The fraction of sp³-hybridized carbons (Fsp3) is 0.417. The van der Waals surface area contributed by atoms with E-state index in [0.29, 0.717) is 25.7 Å². The van der Waals surface area contributed by atoms with Crippen LogP contribution in [-0.4, -0.2) is 30.1 Å². The van der Waals surface area contributed by atoms with Crippen LogP contribution in [-0.2, 0) is 26.1 Å². The second-order valence-electron chi connectivity index (χ2n) is 8.60. The van der Waals surface area contributed by atoms with Crippen LogP contribution in [0.4, 0.5) is 0 Å². The van der Waals surface area contributed by atoms with Gasteiger partial charge < -0.3 is 9.40 Å². The van der Waals surface area contributed by atoms with E-state index in [0.717, 1.165) is 47.3 Å². The van der Waals surface area contributed by atoms with Crippen molar-refractivity contribution in [1.29, 1.82) is 0 Å². The number of tetrazole rings is 1. The number of benzene rings is 1. The van der Waals surface area contributed by atoms with E-state index in [1.54, 1.807) is 6.26 Å². The maximum Gasteiger partial charge on any atom is 0.252 e. The van der Waals surface area contributed by atoms with Crippen molar-refractivity contribution < 1.29 is 4.42 Å². The number of hydrogen-bond acceptors (Lipinski definition) is 6. The number of nitrogens with one attached hydrogen (secondary N) is 1. The number of fused-ring (bicyclic) bond motifs is 1. The van der Waals surface area contributed by atoms with E-state index in [-0.39, 0.29) is 5.56 Å². The van der Waals surface area contributed by atoms with Gasteiger partial charge in [0.15, 0.2) is 5.82 Å². The van der Waals surface area contributed by atoms with Gasteiger partial charge in [0.25, 0.3) is 5.56 Å². The Morgan fingerprint density at radius 3 is 2.81 bits per heavy atom. The number of hydrogen-bond donors (Lipinski definition) is 1. The molecule has 0 radical (unpaired) electrons. The predicted octanol–water partition coefficient (Wildman–Crippen LogP) is 3.99. The zero-order chi connectivity index (χ0) is 21.9. The molecule has 1 fully saturated rings. The summed E-state index contributed by atoms with van der Waals surface area (Å²) < 4.78 is 7.57. The maximum absolute atomic E-state index is 12.9. The first-order valence-electron chi connectivity index (χ1n) is 11.4. The molecule has 4 aromatic rings. The number of aryl methyl sites for hydroxylation is 1. The molecule has 3 aromatic heterocycles. The lowest BCUT2D eigenvalue weighted by atomic mass is 10.1. The summed E-state index contributed by atoms with van der Waals surface area (Å²) in [7, 11) is 0. The molecule has 1 aromatic carbocycles. The van der Waals surface area contributed by atoms with Gasteiger partial charge in [0.1, 0.15) is 5.76 Å². The van der Waals surface area contributed by atoms with Gasteiger partial charge >= 0.3 is 0 Å². The highest BCUT2D eigenvalue weighted by molar-refractivity contribution is 5.79. The molecule has 5 rings (SSSR count). The van der Waals surface area contributed by atoms with Crippen molar-refractivity contribution in [2.45, 2.75) is 64.7 Å². The number of aromatic amines is 1. The highest BCUT2D eigenvalue weighted by Gasteiger charge is 2.23. The molecule has 0 spiro atoms. The van der Waals surface area contributed by atoms with E-state index < -0.39 is 0 Å². The van der Waals surface area contributed by atoms with E-state index in [2.05, 4.69) is 44.5 Å². The molecule has 0 bridgehead atoms. The Hall–Kier alpha value is -3.26. The van der Waals surface area contributed by atoms with Crippen molar-refractivity contribution in [3.8, 4) is 0 Å². The average molecular weight is 433 g/mol. The molecule has 8 nitrogen and oxygen atoms in total. The lowest BCUT2D eigenvalue weighted by Crippen LogP contribution is -2.28. The van der Waals surface area contributed by atoms with Gasteiger partial charge in [-0.25, -0.2) is 4.68 Å². The molecule has 0 atom stereocenters. The Morgan fingerprint density at radius 1 is 1.16 bits per heavy atom. The van der Waals surface area contributed by atoms with Crippen molar-refractivity contribution >= 4 is 10.9 Å². The van der Waals surface area contributed by atoms with Gasteiger partial charge in [0.2, 0.25) is 0 Å². The van der Waals surface area contributed by atoms with Crippen molar-refractivity contribution in [3.63, 3.8) is 0 Å². The first-order chi connectivity index (χ1) is 15.7. The molecule has 0 aliphatic heterocycles. The summed E-state index contributed by atoms with van der Waals surface area (Å²) in [4.78, 5) is 18.1. The molecular formula is C24H28N6O2. The summed E-state index contributed by atoms with van der Waals surface area (Å²) in [6, 6.07) is 12.4. The molecule has 1 N–H and O–H groups in total. The van der Waals surface area contributed by atoms with Gasteiger partial charge in [0, 0.05) is 17.6 Å². The van der Waals surface area contributed by atoms with Crippen molar-refractivity contribution in [1.82, 2.24) is 30.1 Å². The highest BCUT2D eigenvalue weighted by atomic mass is 16.3. The van der Waals surface area contributed by atoms with E-state index in [4.69, 9.17) is 4.42 Å². The van der Waals surface area contributed by atoms with Crippen LogP contribution < -0.4 is 5.56 Å². The third-order valence-electron chi connectivity index (χ3n) is 6.34. The molecule has 0 saturated heterocycles. The summed E-state index contributed by atoms with van der Waals surface area (Å²) in [5.74, 6) is 1.67. The van der Waals surface area contributed by atoms with Gasteiger partial charge in [-0.3, -0.25) is 9.69 Å².